The molecule has 2 fully saturated rings. The highest BCUT2D eigenvalue weighted by molar-refractivity contribution is 6.30. The Labute approximate surface area is 118 Å². The molecule has 1 aliphatic heterocycles. The molecule has 19 heavy (non-hydrogen) atoms. The number of nitrogens with zero attached hydrogens (tertiary/aromatic N) is 3. The Bertz CT molecular complexity index is 476. The summed E-state index contributed by atoms with van der Waals surface area (Å²) in [5.41, 5.74) is 0.936. The molecule has 4 nitrogen and oxygen atoms in total. The van der Waals surface area contributed by atoms with Crippen LogP contribution in [-0.2, 0) is 0 Å². The van der Waals surface area contributed by atoms with Gasteiger partial charge in [0.25, 0.3) is 0 Å². The lowest BCUT2D eigenvalue weighted by atomic mass is 10.0. The van der Waals surface area contributed by atoms with Crippen LogP contribution in [0.4, 0.5) is 5.82 Å². The van der Waals surface area contributed by atoms with Gasteiger partial charge in [0.05, 0.1) is 12.6 Å². The van der Waals surface area contributed by atoms with E-state index in [2.05, 4.69) is 9.88 Å². The highest BCUT2D eigenvalue weighted by atomic mass is 35.5. The second-order valence-corrected chi connectivity index (χ2v) is 5.98. The molecule has 2 aliphatic rings. The molecule has 104 valence electrons. The Balaban J connectivity index is 1.97. The molecule has 1 N–H and O–H groups in total. The summed E-state index contributed by atoms with van der Waals surface area (Å²) < 4.78 is 0. The summed E-state index contributed by atoms with van der Waals surface area (Å²) >= 11 is 6.26. The first-order chi connectivity index (χ1) is 9.20. The van der Waals surface area contributed by atoms with Crippen molar-refractivity contribution in [2.45, 2.75) is 51.0 Å². The SMILES string of the molecule is Cc1c(Cl)nc(C2CC2)nc1N1CCCCC1CO. The summed E-state index contributed by atoms with van der Waals surface area (Å²) in [5.74, 6) is 2.31. The van der Waals surface area contributed by atoms with Gasteiger partial charge in [-0.1, -0.05) is 11.6 Å². The van der Waals surface area contributed by atoms with Crippen LogP contribution in [0.15, 0.2) is 0 Å². The van der Waals surface area contributed by atoms with Gasteiger partial charge in [-0.05, 0) is 39.0 Å². The van der Waals surface area contributed by atoms with E-state index in [1.54, 1.807) is 0 Å². The zero-order chi connectivity index (χ0) is 13.4. The number of aliphatic hydroxyl groups excluding tert-OH is 1. The van der Waals surface area contributed by atoms with Crippen LogP contribution < -0.4 is 4.90 Å². The van der Waals surface area contributed by atoms with Crippen molar-refractivity contribution >= 4 is 17.4 Å². The maximum absolute atomic E-state index is 9.56. The number of hydrogen-bond donors (Lipinski definition) is 1. The third-order valence-electron chi connectivity index (χ3n) is 4.13. The van der Waals surface area contributed by atoms with Crippen molar-refractivity contribution < 1.29 is 5.11 Å². The number of hydrogen-bond acceptors (Lipinski definition) is 4. The Morgan fingerprint density at radius 3 is 2.74 bits per heavy atom. The van der Waals surface area contributed by atoms with E-state index in [4.69, 9.17) is 16.6 Å². The van der Waals surface area contributed by atoms with E-state index in [1.807, 2.05) is 6.92 Å². The van der Waals surface area contributed by atoms with Gasteiger partial charge in [0.2, 0.25) is 0 Å². The molecule has 0 spiro atoms. The van der Waals surface area contributed by atoms with Crippen LogP contribution in [0.5, 0.6) is 0 Å². The van der Waals surface area contributed by atoms with Crippen LogP contribution in [0.25, 0.3) is 0 Å². The standard InChI is InChI=1S/C14H20ClN3O/c1-9-12(15)16-13(10-5-6-10)17-14(9)18-7-3-2-4-11(18)8-19/h10-11,19H,2-8H2,1H3. The zero-order valence-electron chi connectivity index (χ0n) is 11.3. The summed E-state index contributed by atoms with van der Waals surface area (Å²) in [6.07, 6.45) is 5.69. The van der Waals surface area contributed by atoms with Crippen LogP contribution >= 0.6 is 11.6 Å². The molecular weight excluding hydrogens is 262 g/mol. The Morgan fingerprint density at radius 2 is 2.05 bits per heavy atom. The van der Waals surface area contributed by atoms with Gasteiger partial charge in [-0.15, -0.1) is 0 Å². The predicted octanol–water partition coefficient (Wildman–Crippen LogP) is 2.67. The van der Waals surface area contributed by atoms with E-state index >= 15 is 0 Å². The highest BCUT2D eigenvalue weighted by Gasteiger charge is 2.30. The molecule has 3 rings (SSSR count). The third-order valence-corrected chi connectivity index (χ3v) is 4.50. The van der Waals surface area contributed by atoms with Crippen molar-refractivity contribution in [3.05, 3.63) is 16.5 Å². The molecule has 1 aromatic heterocycles. The number of rotatable bonds is 3. The van der Waals surface area contributed by atoms with Gasteiger partial charge >= 0.3 is 0 Å². The Morgan fingerprint density at radius 1 is 1.26 bits per heavy atom. The van der Waals surface area contributed by atoms with Gasteiger partial charge in [-0.25, -0.2) is 9.97 Å². The molecular formula is C14H20ClN3O. The number of anilines is 1. The van der Waals surface area contributed by atoms with Crippen molar-refractivity contribution in [3.8, 4) is 0 Å². The fourth-order valence-electron chi connectivity index (χ4n) is 2.77. The number of aliphatic hydroxyl groups is 1. The molecule has 1 unspecified atom stereocenters. The predicted molar refractivity (Wildman–Crippen MR) is 75.8 cm³/mol. The second kappa shape index (κ2) is 5.25. The molecule has 1 aromatic rings. The minimum Gasteiger partial charge on any atom is -0.394 e. The molecule has 5 heteroatoms. The lowest BCUT2D eigenvalue weighted by Gasteiger charge is -2.36. The van der Waals surface area contributed by atoms with E-state index in [1.165, 1.54) is 19.3 Å². The molecule has 0 bridgehead atoms. The van der Waals surface area contributed by atoms with Gasteiger partial charge in [-0.2, -0.15) is 0 Å². The lowest BCUT2D eigenvalue weighted by molar-refractivity contribution is 0.239. The van der Waals surface area contributed by atoms with Crippen LogP contribution in [-0.4, -0.2) is 34.3 Å². The summed E-state index contributed by atoms with van der Waals surface area (Å²) in [6.45, 7) is 3.10. The molecule has 1 aliphatic carbocycles. The van der Waals surface area contributed by atoms with Gasteiger partial charge in [0, 0.05) is 18.0 Å². The zero-order valence-corrected chi connectivity index (χ0v) is 12.0. The van der Waals surface area contributed by atoms with Crippen molar-refractivity contribution in [2.24, 2.45) is 0 Å². The van der Waals surface area contributed by atoms with Crippen molar-refractivity contribution in [1.82, 2.24) is 9.97 Å². The van der Waals surface area contributed by atoms with Crippen molar-refractivity contribution in [2.75, 3.05) is 18.1 Å². The molecule has 0 radical (unpaired) electrons. The maximum Gasteiger partial charge on any atom is 0.137 e. The fourth-order valence-corrected chi connectivity index (χ4v) is 2.94. The quantitative estimate of drug-likeness (QED) is 0.866. The monoisotopic (exact) mass is 281 g/mol. The van der Waals surface area contributed by atoms with Crippen LogP contribution in [0, 0.1) is 6.92 Å². The highest BCUT2D eigenvalue weighted by Crippen LogP contribution is 2.40. The number of aromatic nitrogens is 2. The summed E-state index contributed by atoms with van der Waals surface area (Å²) in [7, 11) is 0. The second-order valence-electron chi connectivity index (χ2n) is 5.62. The topological polar surface area (TPSA) is 49.2 Å². The molecule has 1 atom stereocenters. The molecule has 1 saturated heterocycles. The van der Waals surface area contributed by atoms with Crippen molar-refractivity contribution in [3.63, 3.8) is 0 Å². The number of piperidine rings is 1. The number of halogens is 1. The van der Waals surface area contributed by atoms with Gasteiger partial charge in [0.15, 0.2) is 0 Å². The molecule has 0 aromatic carbocycles. The van der Waals surface area contributed by atoms with E-state index in [0.29, 0.717) is 11.1 Å². The Hall–Kier alpha value is -0.870. The molecule has 2 heterocycles. The fraction of sp³-hybridized carbons (Fsp3) is 0.714. The minimum atomic E-state index is 0.172. The third kappa shape index (κ3) is 2.56. The largest absolute Gasteiger partial charge is 0.394 e. The van der Waals surface area contributed by atoms with Crippen LogP contribution in [0.2, 0.25) is 5.15 Å². The molecule has 0 amide bonds. The van der Waals surface area contributed by atoms with Gasteiger partial charge in [0.1, 0.15) is 16.8 Å². The van der Waals surface area contributed by atoms with E-state index in [0.717, 1.165) is 36.6 Å². The van der Waals surface area contributed by atoms with Crippen LogP contribution in [0.1, 0.15) is 49.4 Å². The van der Waals surface area contributed by atoms with Gasteiger partial charge < -0.3 is 10.0 Å². The smallest absolute Gasteiger partial charge is 0.137 e. The van der Waals surface area contributed by atoms with E-state index in [-0.39, 0.29) is 12.6 Å². The molecule has 1 saturated carbocycles. The normalized spacial score (nSPS) is 23.7. The summed E-state index contributed by atoms with van der Waals surface area (Å²) in [6, 6.07) is 0.172. The van der Waals surface area contributed by atoms with E-state index < -0.39 is 0 Å². The first-order valence-corrected chi connectivity index (χ1v) is 7.50. The summed E-state index contributed by atoms with van der Waals surface area (Å²) in [4.78, 5) is 11.4. The average molecular weight is 282 g/mol. The van der Waals surface area contributed by atoms with Crippen LogP contribution in [0.3, 0.4) is 0 Å². The minimum absolute atomic E-state index is 0.172. The first kappa shape index (κ1) is 13.1. The maximum atomic E-state index is 9.56. The average Bonchev–Trinajstić information content (AvgIpc) is 3.26. The van der Waals surface area contributed by atoms with Gasteiger partial charge in [-0.3, -0.25) is 0 Å². The first-order valence-electron chi connectivity index (χ1n) is 7.12. The lowest BCUT2D eigenvalue weighted by Crippen LogP contribution is -2.43. The Kier molecular flexibility index (Phi) is 3.63. The van der Waals surface area contributed by atoms with E-state index in [9.17, 15) is 5.11 Å². The van der Waals surface area contributed by atoms with Crippen molar-refractivity contribution in [1.29, 1.82) is 0 Å². The summed E-state index contributed by atoms with van der Waals surface area (Å²) in [5, 5.41) is 10.1.